The van der Waals surface area contributed by atoms with Gasteiger partial charge in [-0.3, -0.25) is 0 Å². The number of aryl methyl sites for hydroxylation is 1. The van der Waals surface area contributed by atoms with E-state index in [1.54, 1.807) is 26.0 Å². The van der Waals surface area contributed by atoms with Crippen LogP contribution in [-0.2, 0) is 16.6 Å². The summed E-state index contributed by atoms with van der Waals surface area (Å²) in [6, 6.07) is 15.8. The molecule has 0 saturated heterocycles. The monoisotopic (exact) mass is 425 g/mol. The van der Waals surface area contributed by atoms with Gasteiger partial charge in [-0.2, -0.15) is 0 Å². The lowest BCUT2D eigenvalue weighted by Crippen LogP contribution is -2.13. The predicted molar refractivity (Wildman–Crippen MR) is 110 cm³/mol. The summed E-state index contributed by atoms with van der Waals surface area (Å²) in [6.07, 6.45) is 0. The van der Waals surface area contributed by atoms with E-state index in [1.165, 1.54) is 12.1 Å². The molecule has 4 aromatic rings. The first-order chi connectivity index (χ1) is 14.4. The van der Waals surface area contributed by atoms with Crippen molar-refractivity contribution in [3.63, 3.8) is 0 Å². The molecule has 0 radical (unpaired) electrons. The van der Waals surface area contributed by atoms with E-state index in [4.69, 9.17) is 8.94 Å². The molecule has 0 atom stereocenters. The summed E-state index contributed by atoms with van der Waals surface area (Å²) in [6.45, 7) is 3.78. The van der Waals surface area contributed by atoms with Gasteiger partial charge in [0.05, 0.1) is 17.1 Å². The molecule has 0 fully saturated rings. The van der Waals surface area contributed by atoms with E-state index < -0.39 is 10.0 Å². The minimum atomic E-state index is -3.79. The summed E-state index contributed by atoms with van der Waals surface area (Å²) in [5, 5.41) is 14.9. The third-order valence-corrected chi connectivity index (χ3v) is 5.83. The molecule has 0 spiro atoms. The van der Waals surface area contributed by atoms with Gasteiger partial charge in [0.2, 0.25) is 17.7 Å². The zero-order chi connectivity index (χ0) is 21.1. The van der Waals surface area contributed by atoms with Gasteiger partial charge >= 0.3 is 0 Å². The van der Waals surface area contributed by atoms with Gasteiger partial charge in [-0.15, -0.1) is 10.2 Å². The average Bonchev–Trinajstić information content (AvgIpc) is 3.35. The van der Waals surface area contributed by atoms with Crippen LogP contribution in [0.25, 0.3) is 11.5 Å². The molecule has 0 unspecified atom stereocenters. The molecule has 9 nitrogen and oxygen atoms in total. The van der Waals surface area contributed by atoms with Crippen LogP contribution < -0.4 is 10.0 Å². The number of anilines is 2. The van der Waals surface area contributed by atoms with Crippen molar-refractivity contribution in [2.24, 2.45) is 0 Å². The summed E-state index contributed by atoms with van der Waals surface area (Å²) >= 11 is 0. The summed E-state index contributed by atoms with van der Waals surface area (Å²) < 4.78 is 38.1. The Kier molecular flexibility index (Phi) is 5.23. The number of sulfonamides is 1. The van der Waals surface area contributed by atoms with Crippen LogP contribution in [0.4, 0.5) is 11.6 Å². The maximum absolute atomic E-state index is 12.5. The summed E-state index contributed by atoms with van der Waals surface area (Å²) in [5.74, 6) is 0.974. The average molecular weight is 425 g/mol. The van der Waals surface area contributed by atoms with Crippen LogP contribution in [0, 0.1) is 13.8 Å². The van der Waals surface area contributed by atoms with Gasteiger partial charge in [-0.05, 0) is 50.2 Å². The minimum Gasteiger partial charge on any atom is -0.419 e. The van der Waals surface area contributed by atoms with E-state index >= 15 is 0 Å². The topological polar surface area (TPSA) is 123 Å². The van der Waals surface area contributed by atoms with Crippen LogP contribution in [0.2, 0.25) is 0 Å². The summed E-state index contributed by atoms with van der Waals surface area (Å²) in [5.41, 5.74) is 2.82. The Bertz CT molecular complexity index is 1250. The largest absolute Gasteiger partial charge is 0.419 e. The highest BCUT2D eigenvalue weighted by Crippen LogP contribution is 2.23. The second-order valence-electron chi connectivity index (χ2n) is 6.57. The van der Waals surface area contributed by atoms with E-state index in [1.807, 2.05) is 30.3 Å². The van der Waals surface area contributed by atoms with Crippen LogP contribution in [0.1, 0.15) is 17.1 Å². The molecule has 0 bridgehead atoms. The molecule has 0 aliphatic carbocycles. The molecule has 30 heavy (non-hydrogen) atoms. The van der Waals surface area contributed by atoms with Crippen LogP contribution in [0.5, 0.6) is 0 Å². The van der Waals surface area contributed by atoms with E-state index in [-0.39, 0.29) is 10.8 Å². The van der Waals surface area contributed by atoms with Crippen molar-refractivity contribution in [2.75, 3.05) is 10.0 Å². The highest BCUT2D eigenvalue weighted by molar-refractivity contribution is 7.92. The van der Waals surface area contributed by atoms with Gasteiger partial charge in [-0.1, -0.05) is 23.4 Å². The van der Waals surface area contributed by atoms with Crippen molar-refractivity contribution < 1.29 is 17.4 Å². The molecule has 2 N–H and O–H groups in total. The molecule has 10 heteroatoms. The summed E-state index contributed by atoms with van der Waals surface area (Å²) in [4.78, 5) is 0.102. The van der Waals surface area contributed by atoms with E-state index in [0.717, 1.165) is 5.56 Å². The Morgan fingerprint density at radius 1 is 0.967 bits per heavy atom. The number of aromatic nitrogens is 3. The van der Waals surface area contributed by atoms with Gasteiger partial charge in [0.25, 0.3) is 10.0 Å². The Morgan fingerprint density at radius 2 is 1.70 bits per heavy atom. The number of hydrogen-bond acceptors (Lipinski definition) is 8. The Morgan fingerprint density at radius 3 is 2.37 bits per heavy atom. The lowest BCUT2D eigenvalue weighted by atomic mass is 10.2. The third-order valence-electron chi connectivity index (χ3n) is 4.48. The maximum Gasteiger partial charge on any atom is 0.264 e. The number of nitrogens with zero attached hydrogens (tertiary/aromatic N) is 3. The lowest BCUT2D eigenvalue weighted by Gasteiger charge is -2.08. The molecule has 0 amide bonds. The predicted octanol–water partition coefficient (Wildman–Crippen LogP) is 3.75. The fourth-order valence-electron chi connectivity index (χ4n) is 2.64. The fraction of sp³-hybridized carbons (Fsp3) is 0.150. The molecule has 0 saturated carbocycles. The van der Waals surface area contributed by atoms with Crippen LogP contribution in [-0.4, -0.2) is 23.8 Å². The first-order valence-corrected chi connectivity index (χ1v) is 10.6. The standard InChI is InChI=1S/C20H19N5O4S/c1-13-14(2)24-29-19(13)25-30(26,27)17-10-8-16(9-11-17)21-12-18-22-23-20(28-18)15-6-4-3-5-7-15/h3-11,21,25H,12H2,1-2H3. The third kappa shape index (κ3) is 4.18. The van der Waals surface area contributed by atoms with Crippen molar-refractivity contribution in [3.05, 3.63) is 71.7 Å². The van der Waals surface area contributed by atoms with Crippen molar-refractivity contribution in [2.45, 2.75) is 25.3 Å². The van der Waals surface area contributed by atoms with E-state index in [0.29, 0.717) is 35.3 Å². The molecule has 2 heterocycles. The number of nitrogens with one attached hydrogen (secondary N) is 2. The van der Waals surface area contributed by atoms with Crippen molar-refractivity contribution >= 4 is 21.6 Å². The number of benzene rings is 2. The van der Waals surface area contributed by atoms with Gasteiger partial charge in [0, 0.05) is 16.8 Å². The maximum atomic E-state index is 12.5. The minimum absolute atomic E-state index is 0.102. The number of rotatable bonds is 7. The summed E-state index contributed by atoms with van der Waals surface area (Å²) in [7, 11) is -3.79. The van der Waals surface area contributed by atoms with Crippen LogP contribution in [0.15, 0.2) is 68.4 Å². The first kappa shape index (κ1) is 19.6. The molecule has 2 aromatic carbocycles. The van der Waals surface area contributed by atoms with Crippen molar-refractivity contribution in [1.82, 2.24) is 15.4 Å². The van der Waals surface area contributed by atoms with Gasteiger partial charge in [0.1, 0.15) is 0 Å². The molecule has 0 aliphatic heterocycles. The molecule has 2 aromatic heterocycles. The Hall–Kier alpha value is -3.66. The second kappa shape index (κ2) is 7.99. The Labute approximate surface area is 173 Å². The normalized spacial score (nSPS) is 11.4. The molecule has 4 rings (SSSR count). The molecular formula is C20H19N5O4S. The van der Waals surface area contributed by atoms with Gasteiger partial charge in [-0.25, -0.2) is 13.1 Å². The first-order valence-electron chi connectivity index (χ1n) is 9.10. The highest BCUT2D eigenvalue weighted by Gasteiger charge is 2.19. The van der Waals surface area contributed by atoms with Crippen LogP contribution >= 0.6 is 0 Å². The smallest absolute Gasteiger partial charge is 0.264 e. The Balaban J connectivity index is 1.40. The SMILES string of the molecule is Cc1noc(NS(=O)(=O)c2ccc(NCc3nnc(-c4ccccc4)o3)cc2)c1C. The zero-order valence-corrected chi connectivity index (χ0v) is 17.1. The quantitative estimate of drug-likeness (QED) is 0.459. The zero-order valence-electron chi connectivity index (χ0n) is 16.3. The highest BCUT2D eigenvalue weighted by atomic mass is 32.2. The van der Waals surface area contributed by atoms with E-state index in [9.17, 15) is 8.42 Å². The van der Waals surface area contributed by atoms with E-state index in [2.05, 4.69) is 25.4 Å². The molecule has 0 aliphatic rings. The lowest BCUT2D eigenvalue weighted by molar-refractivity contribution is 0.430. The van der Waals surface area contributed by atoms with Crippen molar-refractivity contribution in [1.29, 1.82) is 0 Å². The van der Waals surface area contributed by atoms with Crippen molar-refractivity contribution in [3.8, 4) is 11.5 Å². The fourth-order valence-corrected chi connectivity index (χ4v) is 3.69. The number of hydrogen-bond donors (Lipinski definition) is 2. The van der Waals surface area contributed by atoms with Crippen LogP contribution in [0.3, 0.4) is 0 Å². The second-order valence-corrected chi connectivity index (χ2v) is 8.25. The van der Waals surface area contributed by atoms with Gasteiger partial charge in [0.15, 0.2) is 0 Å². The van der Waals surface area contributed by atoms with Gasteiger partial charge < -0.3 is 14.3 Å². The molecule has 154 valence electrons. The molecular weight excluding hydrogens is 406 g/mol.